The summed E-state index contributed by atoms with van der Waals surface area (Å²) in [5.41, 5.74) is 2.33. The van der Waals surface area contributed by atoms with E-state index in [2.05, 4.69) is 39.5 Å². The molecule has 3 rings (SSSR count). The Kier molecular flexibility index (Phi) is 8.10. The number of nitrogens with zero attached hydrogens (tertiary/aromatic N) is 4. The van der Waals surface area contributed by atoms with E-state index in [1.807, 2.05) is 17.7 Å². The number of halogens is 1. The van der Waals surface area contributed by atoms with E-state index in [1.54, 1.807) is 26.4 Å². The van der Waals surface area contributed by atoms with Crippen molar-refractivity contribution in [1.29, 1.82) is 0 Å². The van der Waals surface area contributed by atoms with Crippen LogP contribution in [0.5, 0.6) is 0 Å². The van der Waals surface area contributed by atoms with E-state index in [9.17, 15) is 8.42 Å². The molecule has 29 heavy (non-hydrogen) atoms. The molecule has 1 N–H and O–H groups in total. The first kappa shape index (κ1) is 23.7. The van der Waals surface area contributed by atoms with Crippen molar-refractivity contribution in [2.24, 2.45) is 4.99 Å². The maximum absolute atomic E-state index is 12.3. The van der Waals surface area contributed by atoms with E-state index in [1.165, 1.54) is 5.56 Å². The highest BCUT2D eigenvalue weighted by molar-refractivity contribution is 14.0. The average molecular weight is 531 g/mol. The molecule has 0 aliphatic carbocycles. The van der Waals surface area contributed by atoms with E-state index in [0.717, 1.165) is 24.6 Å². The monoisotopic (exact) mass is 531 g/mol. The predicted octanol–water partition coefficient (Wildman–Crippen LogP) is 2.52. The standard InChI is InChI=1S/C20H29N5O2S.HI/c1-4-22-19(25-11-12-28(26,27)20(2,3)15-25)23-13-17-5-7-18(8-6-17)14-24-10-9-21-16-24;/h5-10,16H,4,11-15H2,1-3H3,(H,22,23);1H. The van der Waals surface area contributed by atoms with Crippen molar-refractivity contribution in [3.8, 4) is 0 Å². The Balaban J connectivity index is 0.00000300. The summed E-state index contributed by atoms with van der Waals surface area (Å²) in [6.07, 6.45) is 5.53. The van der Waals surface area contributed by atoms with Crippen LogP contribution in [0, 0.1) is 0 Å². The first-order chi connectivity index (χ1) is 13.3. The molecular formula is C20H30IN5O2S. The molecular weight excluding hydrogens is 501 g/mol. The van der Waals surface area contributed by atoms with Crippen LogP contribution in [0.15, 0.2) is 48.0 Å². The van der Waals surface area contributed by atoms with Gasteiger partial charge in [0, 0.05) is 38.6 Å². The summed E-state index contributed by atoms with van der Waals surface area (Å²) in [4.78, 5) is 10.9. The van der Waals surface area contributed by atoms with Gasteiger partial charge in [-0.15, -0.1) is 24.0 Å². The molecule has 0 bridgehead atoms. The second-order valence-corrected chi connectivity index (χ2v) is 10.5. The van der Waals surface area contributed by atoms with Crippen molar-refractivity contribution in [2.45, 2.75) is 38.6 Å². The fourth-order valence-corrected chi connectivity index (χ4v) is 4.62. The second kappa shape index (κ2) is 9.92. The quantitative estimate of drug-likeness (QED) is 0.365. The van der Waals surface area contributed by atoms with Crippen LogP contribution in [-0.4, -0.2) is 59.0 Å². The maximum atomic E-state index is 12.3. The molecule has 0 atom stereocenters. The number of sulfone groups is 1. The first-order valence-electron chi connectivity index (χ1n) is 9.60. The summed E-state index contributed by atoms with van der Waals surface area (Å²) in [7, 11) is -3.07. The fourth-order valence-electron chi connectivity index (χ4n) is 3.26. The number of nitrogens with one attached hydrogen (secondary N) is 1. The highest BCUT2D eigenvalue weighted by Gasteiger charge is 2.40. The van der Waals surface area contributed by atoms with Crippen molar-refractivity contribution in [1.82, 2.24) is 19.8 Å². The van der Waals surface area contributed by atoms with Gasteiger partial charge in [0.1, 0.15) is 0 Å². The number of hydrogen-bond acceptors (Lipinski definition) is 4. The van der Waals surface area contributed by atoms with Crippen LogP contribution in [0.1, 0.15) is 31.9 Å². The molecule has 7 nitrogen and oxygen atoms in total. The van der Waals surface area contributed by atoms with Crippen molar-refractivity contribution in [3.63, 3.8) is 0 Å². The number of rotatable bonds is 5. The Morgan fingerprint density at radius 3 is 2.52 bits per heavy atom. The maximum Gasteiger partial charge on any atom is 0.194 e. The number of imidazole rings is 1. The Morgan fingerprint density at radius 1 is 1.24 bits per heavy atom. The Bertz CT molecular complexity index is 909. The number of aliphatic imine (C=N–C) groups is 1. The molecule has 9 heteroatoms. The van der Waals surface area contributed by atoms with Crippen LogP contribution < -0.4 is 5.32 Å². The third-order valence-corrected chi connectivity index (χ3v) is 7.57. The highest BCUT2D eigenvalue weighted by atomic mass is 127. The molecule has 1 fully saturated rings. The molecule has 1 aliphatic heterocycles. The largest absolute Gasteiger partial charge is 0.357 e. The molecule has 0 spiro atoms. The molecule has 0 saturated carbocycles. The summed E-state index contributed by atoms with van der Waals surface area (Å²) in [5.74, 6) is 0.931. The zero-order valence-corrected chi connectivity index (χ0v) is 20.4. The topological polar surface area (TPSA) is 79.6 Å². The highest BCUT2D eigenvalue weighted by Crippen LogP contribution is 2.23. The van der Waals surface area contributed by atoms with Crippen LogP contribution in [0.4, 0.5) is 0 Å². The van der Waals surface area contributed by atoms with Gasteiger partial charge in [-0.3, -0.25) is 0 Å². The van der Waals surface area contributed by atoms with Gasteiger partial charge in [0.25, 0.3) is 0 Å². The lowest BCUT2D eigenvalue weighted by atomic mass is 10.1. The van der Waals surface area contributed by atoms with Crippen molar-refractivity contribution < 1.29 is 8.42 Å². The smallest absolute Gasteiger partial charge is 0.194 e. The third kappa shape index (κ3) is 5.94. The van der Waals surface area contributed by atoms with Crippen molar-refractivity contribution >= 4 is 39.8 Å². The fraction of sp³-hybridized carbons (Fsp3) is 0.500. The first-order valence-corrected chi connectivity index (χ1v) is 11.2. The summed E-state index contributed by atoms with van der Waals surface area (Å²) in [5, 5.41) is 3.30. The Morgan fingerprint density at radius 2 is 1.93 bits per heavy atom. The third-order valence-electron chi connectivity index (χ3n) is 5.04. The molecule has 1 aromatic heterocycles. The molecule has 2 heterocycles. The number of benzene rings is 1. The van der Waals surface area contributed by atoms with Gasteiger partial charge in [0.15, 0.2) is 15.8 Å². The normalized spacial score (nSPS) is 18.2. The zero-order valence-electron chi connectivity index (χ0n) is 17.2. The molecule has 0 unspecified atom stereocenters. The van der Waals surface area contributed by atoms with Gasteiger partial charge in [-0.25, -0.2) is 18.4 Å². The summed E-state index contributed by atoms with van der Waals surface area (Å²) < 4.78 is 25.8. The van der Waals surface area contributed by atoms with Crippen LogP contribution in [0.25, 0.3) is 0 Å². The molecule has 1 saturated heterocycles. The molecule has 1 aliphatic rings. The second-order valence-electron chi connectivity index (χ2n) is 7.72. The molecule has 0 amide bonds. The van der Waals surface area contributed by atoms with Gasteiger partial charge in [0.2, 0.25) is 0 Å². The van der Waals surface area contributed by atoms with Gasteiger partial charge >= 0.3 is 0 Å². The minimum absolute atomic E-state index is 0. The van der Waals surface area contributed by atoms with Gasteiger partial charge in [0.05, 0.1) is 23.4 Å². The molecule has 160 valence electrons. The molecule has 1 aromatic carbocycles. The summed E-state index contributed by atoms with van der Waals surface area (Å²) >= 11 is 0. The zero-order chi connectivity index (χ0) is 20.2. The molecule has 0 radical (unpaired) electrons. The van der Waals surface area contributed by atoms with Crippen molar-refractivity contribution in [3.05, 3.63) is 54.1 Å². The van der Waals surface area contributed by atoms with E-state index in [4.69, 9.17) is 4.99 Å². The van der Waals surface area contributed by atoms with Crippen LogP contribution in [0.2, 0.25) is 0 Å². The van der Waals surface area contributed by atoms with Gasteiger partial charge in [-0.2, -0.15) is 0 Å². The van der Waals surface area contributed by atoms with Gasteiger partial charge in [-0.1, -0.05) is 24.3 Å². The van der Waals surface area contributed by atoms with Gasteiger partial charge in [-0.05, 0) is 31.9 Å². The summed E-state index contributed by atoms with van der Waals surface area (Å²) in [6, 6.07) is 8.39. The number of guanidine groups is 1. The van der Waals surface area contributed by atoms with E-state index >= 15 is 0 Å². The molecule has 2 aromatic rings. The van der Waals surface area contributed by atoms with Crippen LogP contribution in [-0.2, 0) is 22.9 Å². The lowest BCUT2D eigenvalue weighted by Crippen LogP contribution is -2.57. The van der Waals surface area contributed by atoms with Crippen LogP contribution in [0.3, 0.4) is 0 Å². The minimum atomic E-state index is -3.07. The Hall–Kier alpha value is -1.62. The minimum Gasteiger partial charge on any atom is -0.357 e. The van der Waals surface area contributed by atoms with E-state index < -0.39 is 14.6 Å². The van der Waals surface area contributed by atoms with Gasteiger partial charge < -0.3 is 14.8 Å². The lowest BCUT2D eigenvalue weighted by molar-refractivity contribution is 0.353. The Labute approximate surface area is 190 Å². The predicted molar refractivity (Wildman–Crippen MR) is 127 cm³/mol. The number of hydrogen-bond donors (Lipinski definition) is 1. The van der Waals surface area contributed by atoms with Crippen LogP contribution >= 0.6 is 24.0 Å². The average Bonchev–Trinajstić information content (AvgIpc) is 3.15. The van der Waals surface area contributed by atoms with E-state index in [-0.39, 0.29) is 29.7 Å². The lowest BCUT2D eigenvalue weighted by Gasteiger charge is -2.39. The number of aromatic nitrogens is 2. The summed E-state index contributed by atoms with van der Waals surface area (Å²) in [6.45, 7) is 8.61. The van der Waals surface area contributed by atoms with Crippen molar-refractivity contribution in [2.75, 3.05) is 25.4 Å². The SMILES string of the molecule is CCNC(=NCc1ccc(Cn2ccnc2)cc1)N1CCS(=O)(=O)C(C)(C)C1.I. The van der Waals surface area contributed by atoms with E-state index in [0.29, 0.717) is 19.6 Å².